The van der Waals surface area contributed by atoms with Crippen molar-refractivity contribution in [2.75, 3.05) is 46.3 Å². The molecule has 0 aliphatic carbocycles. The molecule has 2 amide bonds. The van der Waals surface area contributed by atoms with Crippen molar-refractivity contribution in [3.05, 3.63) is 71.5 Å². The second-order valence-electron chi connectivity index (χ2n) is 9.32. The second-order valence-corrected chi connectivity index (χ2v) is 10.6. The molecular weight excluding hydrogens is 477 g/mol. The summed E-state index contributed by atoms with van der Waals surface area (Å²) in [7, 11) is 2.13. The maximum Gasteiger partial charge on any atom is 0.241 e. The van der Waals surface area contributed by atoms with Crippen LogP contribution in [-0.4, -0.2) is 78.0 Å². The minimum absolute atomic E-state index is 0.0000400. The monoisotopic (exact) mass is 511 g/mol. The van der Waals surface area contributed by atoms with Crippen molar-refractivity contribution in [1.29, 1.82) is 0 Å². The highest BCUT2D eigenvalue weighted by molar-refractivity contribution is 8.15. The maximum absolute atomic E-state index is 14.6. The summed E-state index contributed by atoms with van der Waals surface area (Å²) in [6.45, 7) is 6.97. The first-order valence-electron chi connectivity index (χ1n) is 12.5. The van der Waals surface area contributed by atoms with E-state index in [0.717, 1.165) is 44.7 Å². The van der Waals surface area contributed by atoms with Crippen molar-refractivity contribution < 1.29 is 14.0 Å². The lowest BCUT2D eigenvalue weighted by molar-refractivity contribution is -0.132. The fourth-order valence-corrected chi connectivity index (χ4v) is 6.07. The summed E-state index contributed by atoms with van der Waals surface area (Å²) in [5, 5.41) is 9.48. The van der Waals surface area contributed by atoms with Gasteiger partial charge in [0.15, 0.2) is 0 Å². The second kappa shape index (κ2) is 12.0. The number of hydrogen-bond donors (Lipinski definition) is 1. The molecule has 0 radical (unpaired) electrons. The summed E-state index contributed by atoms with van der Waals surface area (Å²) in [4.78, 5) is 29.2. The Morgan fingerprint density at radius 1 is 1.06 bits per heavy atom. The van der Waals surface area contributed by atoms with Gasteiger partial charge in [-0.05, 0) is 37.7 Å². The molecule has 2 aromatic rings. The molecule has 1 saturated heterocycles. The number of nitrogens with zero attached hydrogens (tertiary/aromatic N) is 4. The lowest BCUT2D eigenvalue weighted by Crippen LogP contribution is -2.45. The van der Waals surface area contributed by atoms with Crippen molar-refractivity contribution in [2.45, 2.75) is 31.1 Å². The zero-order valence-electron chi connectivity index (χ0n) is 21.0. The van der Waals surface area contributed by atoms with Crippen LogP contribution in [0, 0.1) is 5.82 Å². The summed E-state index contributed by atoms with van der Waals surface area (Å²) in [5.41, 5.74) is 1.24. The zero-order chi connectivity index (χ0) is 25.5. The number of benzene rings is 2. The van der Waals surface area contributed by atoms with Gasteiger partial charge in [-0.1, -0.05) is 54.2 Å². The Morgan fingerprint density at radius 3 is 2.44 bits per heavy atom. The van der Waals surface area contributed by atoms with Gasteiger partial charge < -0.3 is 15.1 Å². The smallest absolute Gasteiger partial charge is 0.241 e. The fourth-order valence-electron chi connectivity index (χ4n) is 4.64. The number of hydrogen-bond acceptors (Lipinski definition) is 6. The predicted octanol–water partition coefficient (Wildman–Crippen LogP) is 3.47. The molecule has 0 spiro atoms. The highest BCUT2D eigenvalue weighted by atomic mass is 32.2. The largest absolute Gasteiger partial charge is 0.356 e. The molecule has 1 atom stereocenters. The van der Waals surface area contributed by atoms with Crippen LogP contribution in [-0.2, 0) is 14.5 Å². The molecule has 9 heteroatoms. The van der Waals surface area contributed by atoms with E-state index in [0.29, 0.717) is 30.0 Å². The van der Waals surface area contributed by atoms with Gasteiger partial charge in [-0.3, -0.25) is 9.59 Å². The van der Waals surface area contributed by atoms with Crippen LogP contribution in [0.1, 0.15) is 37.3 Å². The number of hydrazone groups is 1. The normalized spacial score (nSPS) is 20.9. The summed E-state index contributed by atoms with van der Waals surface area (Å²) in [6.07, 6.45) is 1.71. The molecule has 0 bridgehead atoms. The van der Waals surface area contributed by atoms with E-state index in [1.54, 1.807) is 18.2 Å². The summed E-state index contributed by atoms with van der Waals surface area (Å²) in [6, 6.07) is 16.1. The predicted molar refractivity (Wildman–Crippen MR) is 142 cm³/mol. The van der Waals surface area contributed by atoms with Gasteiger partial charge in [0.2, 0.25) is 11.8 Å². The molecule has 2 aromatic carbocycles. The molecule has 1 unspecified atom stereocenters. The zero-order valence-corrected chi connectivity index (χ0v) is 21.8. The number of rotatable bonds is 9. The molecule has 0 aromatic heterocycles. The van der Waals surface area contributed by atoms with Crippen LogP contribution in [0.4, 0.5) is 4.39 Å². The van der Waals surface area contributed by atoms with E-state index in [2.05, 4.69) is 27.3 Å². The molecule has 192 valence electrons. The lowest BCUT2D eigenvalue weighted by atomic mass is 10.0. The molecule has 4 rings (SSSR count). The van der Waals surface area contributed by atoms with Gasteiger partial charge in [-0.2, -0.15) is 5.10 Å². The Labute approximate surface area is 216 Å². The average molecular weight is 512 g/mol. The van der Waals surface area contributed by atoms with Gasteiger partial charge in [0.1, 0.15) is 15.7 Å². The van der Waals surface area contributed by atoms with Crippen molar-refractivity contribution in [3.63, 3.8) is 0 Å². The van der Waals surface area contributed by atoms with Gasteiger partial charge in [0, 0.05) is 58.1 Å². The standard InChI is InChI=1S/C27H34FN5O2S/c1-21(34)33-27(22-9-4-3-5-10-22,36-26(30-33)23-11-6-7-12-24(23)28)14-15-29-25(35)13-8-16-32-19-17-31(2)18-20-32/h3-7,9-12H,8,13-20H2,1-2H3,(H,29,35). The number of carbonyl (C=O) groups excluding carboxylic acids is 2. The molecular formula is C27H34FN5O2S. The average Bonchev–Trinajstić information content (AvgIpc) is 3.27. The third kappa shape index (κ3) is 6.14. The van der Waals surface area contributed by atoms with Crippen LogP contribution in [0.25, 0.3) is 0 Å². The molecule has 2 heterocycles. The Bertz CT molecular complexity index is 1090. The molecule has 0 saturated carbocycles. The highest BCUT2D eigenvalue weighted by Crippen LogP contribution is 2.49. The van der Waals surface area contributed by atoms with Crippen molar-refractivity contribution >= 4 is 28.6 Å². The van der Waals surface area contributed by atoms with Gasteiger partial charge in [-0.25, -0.2) is 9.40 Å². The topological polar surface area (TPSA) is 68.2 Å². The van der Waals surface area contributed by atoms with Crippen LogP contribution in [0.5, 0.6) is 0 Å². The fraction of sp³-hybridized carbons (Fsp3) is 0.444. The molecule has 1 fully saturated rings. The van der Waals surface area contributed by atoms with Crippen LogP contribution in [0.3, 0.4) is 0 Å². The van der Waals surface area contributed by atoms with Crippen LogP contribution in [0.2, 0.25) is 0 Å². The molecule has 2 aliphatic heterocycles. The number of thioether (sulfide) groups is 1. The Kier molecular flexibility index (Phi) is 8.77. The Balaban J connectivity index is 1.42. The van der Waals surface area contributed by atoms with E-state index >= 15 is 0 Å². The van der Waals surface area contributed by atoms with E-state index in [1.807, 2.05) is 30.3 Å². The van der Waals surface area contributed by atoms with Crippen molar-refractivity contribution in [3.8, 4) is 0 Å². The van der Waals surface area contributed by atoms with Crippen molar-refractivity contribution in [1.82, 2.24) is 20.1 Å². The van der Waals surface area contributed by atoms with Gasteiger partial charge in [0.25, 0.3) is 0 Å². The summed E-state index contributed by atoms with van der Waals surface area (Å²) in [5.74, 6) is -0.624. The maximum atomic E-state index is 14.6. The van der Waals surface area contributed by atoms with E-state index in [4.69, 9.17) is 0 Å². The van der Waals surface area contributed by atoms with Gasteiger partial charge in [-0.15, -0.1) is 0 Å². The SMILES string of the molecule is CC(=O)N1N=C(c2ccccc2F)SC1(CCNC(=O)CCCN1CCN(C)CC1)c1ccccc1. The molecule has 2 aliphatic rings. The van der Waals surface area contributed by atoms with Gasteiger partial charge in [0.05, 0.1) is 0 Å². The third-order valence-corrected chi connectivity index (χ3v) is 8.13. The number of halogens is 1. The lowest BCUT2D eigenvalue weighted by Gasteiger charge is -2.35. The molecule has 36 heavy (non-hydrogen) atoms. The quantitative estimate of drug-likeness (QED) is 0.559. The third-order valence-electron chi connectivity index (χ3n) is 6.69. The number of likely N-dealkylation sites (N-methyl/N-ethyl adjacent to an activating group) is 1. The summed E-state index contributed by atoms with van der Waals surface area (Å²) >= 11 is 1.36. The first-order chi connectivity index (χ1) is 17.4. The van der Waals surface area contributed by atoms with Crippen LogP contribution >= 0.6 is 11.8 Å². The molecule has 1 N–H and O–H groups in total. The Hall–Kier alpha value is -2.75. The van der Waals surface area contributed by atoms with Crippen LogP contribution in [0.15, 0.2) is 59.7 Å². The highest BCUT2D eigenvalue weighted by Gasteiger charge is 2.47. The number of piperazine rings is 1. The van der Waals surface area contributed by atoms with E-state index in [-0.39, 0.29) is 17.6 Å². The van der Waals surface area contributed by atoms with E-state index < -0.39 is 4.87 Å². The minimum atomic E-state index is -0.877. The number of nitrogens with one attached hydrogen (secondary N) is 1. The minimum Gasteiger partial charge on any atom is -0.356 e. The van der Waals surface area contributed by atoms with Crippen molar-refractivity contribution in [2.24, 2.45) is 5.10 Å². The number of carbonyl (C=O) groups is 2. The first kappa shape index (κ1) is 26.3. The molecule has 7 nitrogen and oxygen atoms in total. The first-order valence-corrected chi connectivity index (χ1v) is 13.3. The Morgan fingerprint density at radius 2 is 1.75 bits per heavy atom. The van der Waals surface area contributed by atoms with E-state index in [1.165, 1.54) is 29.8 Å². The van der Waals surface area contributed by atoms with Crippen LogP contribution < -0.4 is 5.32 Å². The number of amides is 2. The van der Waals surface area contributed by atoms with E-state index in [9.17, 15) is 14.0 Å². The summed E-state index contributed by atoms with van der Waals surface area (Å²) < 4.78 is 14.6. The van der Waals surface area contributed by atoms with Gasteiger partial charge >= 0.3 is 0 Å².